The van der Waals surface area contributed by atoms with Gasteiger partial charge in [-0.3, -0.25) is 4.79 Å². The van der Waals surface area contributed by atoms with Crippen molar-refractivity contribution in [2.75, 3.05) is 26.0 Å². The maximum absolute atomic E-state index is 12.3. The van der Waals surface area contributed by atoms with Gasteiger partial charge in [0.2, 0.25) is 10.0 Å². The molecule has 0 saturated carbocycles. The maximum atomic E-state index is 12.3. The number of anilines is 1. The standard InChI is InChI=1S/C22H24N2O5S/c1-24(2)30(26,27)17-7-5-6-15(12-17)23-22(25)14-28-16-10-11-21-19(13-16)18-8-3-4-9-20(18)29-21/h5-7,10-13H,3-4,8-9,14H2,1-2H3,(H,23,25). The first-order chi connectivity index (χ1) is 14.3. The van der Waals surface area contributed by atoms with Crippen LogP contribution in [0.2, 0.25) is 0 Å². The fourth-order valence-corrected chi connectivity index (χ4v) is 4.57. The number of furan rings is 1. The van der Waals surface area contributed by atoms with Crippen molar-refractivity contribution in [2.24, 2.45) is 0 Å². The van der Waals surface area contributed by atoms with E-state index in [1.54, 1.807) is 18.2 Å². The second-order valence-corrected chi connectivity index (χ2v) is 9.67. The Morgan fingerprint density at radius 2 is 1.93 bits per heavy atom. The monoisotopic (exact) mass is 428 g/mol. The molecule has 1 aliphatic rings. The van der Waals surface area contributed by atoms with Gasteiger partial charge in [-0.15, -0.1) is 0 Å². The van der Waals surface area contributed by atoms with E-state index in [-0.39, 0.29) is 17.4 Å². The Kier molecular flexibility index (Phi) is 5.53. The van der Waals surface area contributed by atoms with E-state index in [2.05, 4.69) is 5.32 Å². The Balaban J connectivity index is 1.43. The molecule has 0 atom stereocenters. The second kappa shape index (κ2) is 8.12. The summed E-state index contributed by atoms with van der Waals surface area (Å²) >= 11 is 0. The minimum absolute atomic E-state index is 0.112. The van der Waals surface area contributed by atoms with E-state index in [4.69, 9.17) is 9.15 Å². The number of carbonyl (C=O) groups excluding carboxylic acids is 1. The van der Waals surface area contributed by atoms with Crippen LogP contribution in [0.4, 0.5) is 5.69 Å². The number of fused-ring (bicyclic) bond motifs is 3. The number of benzene rings is 2. The minimum Gasteiger partial charge on any atom is -0.484 e. The first-order valence-corrected chi connectivity index (χ1v) is 11.3. The maximum Gasteiger partial charge on any atom is 0.262 e. The predicted molar refractivity (Wildman–Crippen MR) is 114 cm³/mol. The van der Waals surface area contributed by atoms with Gasteiger partial charge in [0.25, 0.3) is 5.91 Å². The van der Waals surface area contributed by atoms with E-state index in [9.17, 15) is 13.2 Å². The molecule has 0 unspecified atom stereocenters. The predicted octanol–water partition coefficient (Wildman–Crippen LogP) is 3.58. The van der Waals surface area contributed by atoms with Crippen LogP contribution in [-0.2, 0) is 27.7 Å². The van der Waals surface area contributed by atoms with Crippen LogP contribution in [0.25, 0.3) is 11.0 Å². The summed E-state index contributed by atoms with van der Waals surface area (Å²) < 4.78 is 37.2. The van der Waals surface area contributed by atoms with Crippen molar-refractivity contribution >= 4 is 32.6 Å². The Hall–Kier alpha value is -2.84. The summed E-state index contributed by atoms with van der Waals surface area (Å²) in [5.41, 5.74) is 2.48. The molecular formula is C22H24N2O5S. The summed E-state index contributed by atoms with van der Waals surface area (Å²) in [5, 5.41) is 3.73. The minimum atomic E-state index is -3.57. The van der Waals surface area contributed by atoms with Crippen LogP contribution in [0.5, 0.6) is 5.75 Å². The molecule has 3 aromatic rings. The van der Waals surface area contributed by atoms with Gasteiger partial charge < -0.3 is 14.5 Å². The number of carbonyl (C=O) groups is 1. The van der Waals surface area contributed by atoms with Crippen LogP contribution < -0.4 is 10.1 Å². The van der Waals surface area contributed by atoms with Crippen LogP contribution in [0.1, 0.15) is 24.2 Å². The van der Waals surface area contributed by atoms with E-state index in [1.165, 1.54) is 31.8 Å². The number of nitrogens with one attached hydrogen (secondary N) is 1. The summed E-state index contributed by atoms with van der Waals surface area (Å²) in [6, 6.07) is 11.7. The fraction of sp³-hybridized carbons (Fsp3) is 0.318. The Morgan fingerprint density at radius 3 is 2.73 bits per heavy atom. The highest BCUT2D eigenvalue weighted by Gasteiger charge is 2.19. The van der Waals surface area contributed by atoms with Gasteiger partial charge in [0.1, 0.15) is 17.1 Å². The van der Waals surface area contributed by atoms with Crippen molar-refractivity contribution in [3.8, 4) is 5.75 Å². The van der Waals surface area contributed by atoms with Gasteiger partial charge in [-0.2, -0.15) is 0 Å². The van der Waals surface area contributed by atoms with Gasteiger partial charge in [0, 0.05) is 37.2 Å². The smallest absolute Gasteiger partial charge is 0.262 e. The van der Waals surface area contributed by atoms with Gasteiger partial charge in [-0.05, 0) is 55.7 Å². The average molecular weight is 429 g/mol. The highest BCUT2D eigenvalue weighted by Crippen LogP contribution is 2.33. The molecule has 0 radical (unpaired) electrons. The SMILES string of the molecule is CN(C)S(=O)(=O)c1cccc(NC(=O)COc2ccc3oc4c(c3c2)CCCC4)c1. The third-order valence-electron chi connectivity index (χ3n) is 5.19. The third kappa shape index (κ3) is 4.06. The number of hydrogen-bond donors (Lipinski definition) is 1. The summed E-state index contributed by atoms with van der Waals surface area (Å²) in [6.45, 7) is -0.184. The lowest BCUT2D eigenvalue weighted by Gasteiger charge is -2.13. The molecule has 0 bridgehead atoms. The number of aryl methyl sites for hydroxylation is 2. The van der Waals surface area contributed by atoms with Gasteiger partial charge in [0.05, 0.1) is 4.90 Å². The molecule has 7 nitrogen and oxygen atoms in total. The lowest BCUT2D eigenvalue weighted by molar-refractivity contribution is -0.118. The van der Waals surface area contributed by atoms with E-state index < -0.39 is 10.0 Å². The Bertz CT molecular complexity index is 1200. The van der Waals surface area contributed by atoms with Crippen LogP contribution in [-0.4, -0.2) is 39.3 Å². The first-order valence-electron chi connectivity index (χ1n) is 9.84. The van der Waals surface area contributed by atoms with Crippen molar-refractivity contribution in [2.45, 2.75) is 30.6 Å². The molecule has 0 fully saturated rings. The normalized spacial score (nSPS) is 14.0. The molecule has 1 heterocycles. The summed E-state index contributed by atoms with van der Waals surface area (Å²) in [7, 11) is -0.650. The van der Waals surface area contributed by atoms with Gasteiger partial charge in [-0.1, -0.05) is 6.07 Å². The van der Waals surface area contributed by atoms with Crippen LogP contribution in [0, 0.1) is 0 Å². The first kappa shape index (κ1) is 20.4. The zero-order valence-corrected chi connectivity index (χ0v) is 17.8. The van der Waals surface area contributed by atoms with Gasteiger partial charge in [0.15, 0.2) is 6.61 Å². The number of hydrogen-bond acceptors (Lipinski definition) is 5. The molecular weight excluding hydrogens is 404 g/mol. The van der Waals surface area contributed by atoms with Gasteiger partial charge in [-0.25, -0.2) is 12.7 Å². The van der Waals surface area contributed by atoms with Crippen molar-refractivity contribution in [3.63, 3.8) is 0 Å². The van der Waals surface area contributed by atoms with E-state index in [0.717, 1.165) is 46.7 Å². The number of amides is 1. The number of sulfonamides is 1. The summed E-state index contributed by atoms with van der Waals surface area (Å²) in [5.74, 6) is 1.28. The molecule has 1 aliphatic carbocycles. The molecule has 2 aromatic carbocycles. The quantitative estimate of drug-likeness (QED) is 0.648. The van der Waals surface area contributed by atoms with Crippen LogP contribution in [0.15, 0.2) is 51.8 Å². The van der Waals surface area contributed by atoms with Crippen molar-refractivity contribution in [3.05, 3.63) is 53.8 Å². The molecule has 30 heavy (non-hydrogen) atoms. The van der Waals surface area contributed by atoms with E-state index >= 15 is 0 Å². The molecule has 1 N–H and O–H groups in total. The fourth-order valence-electron chi connectivity index (χ4n) is 3.62. The van der Waals surface area contributed by atoms with Crippen LogP contribution in [0.3, 0.4) is 0 Å². The van der Waals surface area contributed by atoms with Crippen molar-refractivity contribution in [1.29, 1.82) is 0 Å². The zero-order chi connectivity index (χ0) is 21.3. The molecule has 0 saturated heterocycles. The molecule has 158 valence electrons. The second-order valence-electron chi connectivity index (χ2n) is 7.52. The molecule has 8 heteroatoms. The molecule has 0 aliphatic heterocycles. The largest absolute Gasteiger partial charge is 0.484 e. The topological polar surface area (TPSA) is 88.9 Å². The third-order valence-corrected chi connectivity index (χ3v) is 7.00. The lowest BCUT2D eigenvalue weighted by Crippen LogP contribution is -2.23. The summed E-state index contributed by atoms with van der Waals surface area (Å²) in [6.07, 6.45) is 4.26. The average Bonchev–Trinajstić information content (AvgIpc) is 3.10. The zero-order valence-electron chi connectivity index (χ0n) is 17.0. The lowest BCUT2D eigenvalue weighted by atomic mass is 9.96. The molecule has 1 aromatic heterocycles. The Labute approximate surface area is 175 Å². The number of rotatable bonds is 6. The Morgan fingerprint density at radius 1 is 1.13 bits per heavy atom. The highest BCUT2D eigenvalue weighted by atomic mass is 32.2. The number of nitrogens with zero attached hydrogens (tertiary/aromatic N) is 1. The molecule has 4 rings (SSSR count). The van der Waals surface area contributed by atoms with Gasteiger partial charge >= 0.3 is 0 Å². The van der Waals surface area contributed by atoms with Crippen LogP contribution >= 0.6 is 0 Å². The van der Waals surface area contributed by atoms with E-state index in [0.29, 0.717) is 11.4 Å². The number of ether oxygens (including phenoxy) is 1. The van der Waals surface area contributed by atoms with Crippen molar-refractivity contribution in [1.82, 2.24) is 4.31 Å². The van der Waals surface area contributed by atoms with E-state index in [1.807, 2.05) is 12.1 Å². The van der Waals surface area contributed by atoms with Crippen molar-refractivity contribution < 1.29 is 22.4 Å². The molecule has 1 amide bonds. The highest BCUT2D eigenvalue weighted by molar-refractivity contribution is 7.89. The molecule has 0 spiro atoms. The summed E-state index contributed by atoms with van der Waals surface area (Å²) in [4.78, 5) is 12.4.